The summed E-state index contributed by atoms with van der Waals surface area (Å²) in [4.78, 5) is 73.0. The monoisotopic (exact) mass is 1470 g/mol. The Bertz CT molecular complexity index is 1940. The van der Waals surface area contributed by atoms with Crippen molar-refractivity contribution in [3.05, 3.63) is 0 Å². The van der Waals surface area contributed by atoms with E-state index in [2.05, 4.69) is 48.5 Å². The Hall–Kier alpha value is -1.94. The lowest BCUT2D eigenvalue weighted by Crippen LogP contribution is -2.30. The lowest BCUT2D eigenvalue weighted by atomic mass is 10.00. The van der Waals surface area contributed by atoms with Crippen molar-refractivity contribution in [3.8, 4) is 0 Å². The van der Waals surface area contributed by atoms with Crippen LogP contribution in [0.1, 0.15) is 421 Å². The zero-order valence-electron chi connectivity index (χ0n) is 65.7. The van der Waals surface area contributed by atoms with Crippen LogP contribution in [0.5, 0.6) is 0 Å². The number of hydrogen-bond acceptors (Lipinski definition) is 15. The molecule has 3 N–H and O–H groups in total. The predicted octanol–water partition coefficient (Wildman–Crippen LogP) is 24.1. The van der Waals surface area contributed by atoms with Crippen molar-refractivity contribution in [2.75, 3.05) is 39.6 Å². The molecule has 0 aliphatic heterocycles. The summed E-state index contributed by atoms with van der Waals surface area (Å²) in [5.74, 6) is 0.143. The van der Waals surface area contributed by atoms with E-state index in [9.17, 15) is 43.2 Å². The molecule has 0 spiro atoms. The number of aliphatic hydroxyl groups is 1. The Labute approximate surface area is 613 Å². The van der Waals surface area contributed by atoms with Gasteiger partial charge in [0.1, 0.15) is 19.3 Å². The number of rotatable bonds is 79. The van der Waals surface area contributed by atoms with Gasteiger partial charge in [-0.25, -0.2) is 9.13 Å². The third-order valence-electron chi connectivity index (χ3n) is 19.2. The number of hydrogen-bond donors (Lipinski definition) is 3. The largest absolute Gasteiger partial charge is 0.472 e. The number of aliphatic hydroxyl groups excluding tert-OH is 1. The molecule has 0 aromatic heterocycles. The van der Waals surface area contributed by atoms with Gasteiger partial charge < -0.3 is 33.8 Å². The van der Waals surface area contributed by atoms with Gasteiger partial charge in [-0.2, -0.15) is 0 Å². The average molecular weight is 1470 g/mol. The zero-order valence-corrected chi connectivity index (χ0v) is 67.5. The fraction of sp³-hybridized carbons (Fsp3) is 0.951. The molecule has 0 aromatic rings. The van der Waals surface area contributed by atoms with Crippen molar-refractivity contribution in [2.45, 2.75) is 439 Å². The van der Waals surface area contributed by atoms with E-state index in [1.807, 2.05) is 0 Å². The van der Waals surface area contributed by atoms with Crippen LogP contribution < -0.4 is 0 Å². The molecule has 0 radical (unpaired) electrons. The molecular weight excluding hydrogens is 1310 g/mol. The van der Waals surface area contributed by atoms with E-state index in [4.69, 9.17) is 37.0 Å². The quantitative estimate of drug-likeness (QED) is 0.0222. The molecule has 0 rings (SSSR count). The molecular formula is C81H158O17P2. The molecule has 17 nitrogen and oxygen atoms in total. The lowest BCUT2D eigenvalue weighted by Gasteiger charge is -2.21. The van der Waals surface area contributed by atoms with Crippen LogP contribution in [0.25, 0.3) is 0 Å². The molecule has 594 valence electrons. The fourth-order valence-corrected chi connectivity index (χ4v) is 14.0. The maximum Gasteiger partial charge on any atom is 0.472 e. The molecule has 0 amide bonds. The molecule has 3 unspecified atom stereocenters. The number of esters is 4. The summed E-state index contributed by atoms with van der Waals surface area (Å²) in [6.07, 6.45) is 59.9. The van der Waals surface area contributed by atoms with Crippen LogP contribution in [0.4, 0.5) is 0 Å². The second-order valence-corrected chi connectivity index (χ2v) is 33.3. The second-order valence-electron chi connectivity index (χ2n) is 30.4. The molecule has 0 heterocycles. The predicted molar refractivity (Wildman–Crippen MR) is 409 cm³/mol. The number of carbonyl (C=O) groups excluding carboxylic acids is 4. The maximum atomic E-state index is 13.1. The van der Waals surface area contributed by atoms with Gasteiger partial charge in [0.15, 0.2) is 12.2 Å². The second kappa shape index (κ2) is 71.3. The van der Waals surface area contributed by atoms with Gasteiger partial charge in [-0.05, 0) is 43.4 Å². The summed E-state index contributed by atoms with van der Waals surface area (Å²) in [7, 11) is -9.92. The smallest absolute Gasteiger partial charge is 0.462 e. The molecule has 0 aromatic carbocycles. The Morgan fingerprint density at radius 2 is 0.510 bits per heavy atom. The van der Waals surface area contributed by atoms with E-state index in [1.165, 1.54) is 225 Å². The standard InChI is InChI=1S/C81H158O17P2/c1-8-10-11-12-13-14-15-16-17-18-19-20-21-22-23-24-27-31-36-41-50-57-64-80(85)97-76(68-91-78(83)62-55-48-40-35-30-28-25-26-29-33-38-45-52-59-72(3)4)70-95-99(87,88)93-66-75(82)67-94-100(89,90)96-71-77(69-92-79(84)63-56-49-44-43-47-54-61-74(7)9-2)98-81(86)65-58-51-42-37-32-34-39-46-53-60-73(5)6/h72-77,82H,8-71H2,1-7H3,(H,87,88)(H,89,90)/t74?,75-,76-,77-/m1/s1. The van der Waals surface area contributed by atoms with Gasteiger partial charge in [0, 0.05) is 25.7 Å². The van der Waals surface area contributed by atoms with Gasteiger partial charge in [-0.3, -0.25) is 37.3 Å². The third kappa shape index (κ3) is 73.0. The van der Waals surface area contributed by atoms with Crippen LogP contribution >= 0.6 is 15.6 Å². The fourth-order valence-electron chi connectivity index (χ4n) is 12.5. The Morgan fingerprint density at radius 1 is 0.290 bits per heavy atom. The number of unbranched alkanes of at least 4 members (excludes halogenated alkanes) is 46. The van der Waals surface area contributed by atoms with Crippen LogP contribution in [-0.4, -0.2) is 96.7 Å². The van der Waals surface area contributed by atoms with E-state index in [1.54, 1.807) is 0 Å². The van der Waals surface area contributed by atoms with Crippen molar-refractivity contribution in [1.82, 2.24) is 0 Å². The topological polar surface area (TPSA) is 237 Å². The zero-order chi connectivity index (χ0) is 73.7. The van der Waals surface area contributed by atoms with E-state index in [-0.39, 0.29) is 25.7 Å². The van der Waals surface area contributed by atoms with E-state index in [0.717, 1.165) is 114 Å². The summed E-state index contributed by atoms with van der Waals surface area (Å²) in [6.45, 7) is 11.9. The first kappa shape index (κ1) is 98.1. The van der Waals surface area contributed by atoms with E-state index < -0.39 is 97.5 Å². The van der Waals surface area contributed by atoms with Crippen LogP contribution in [0.3, 0.4) is 0 Å². The lowest BCUT2D eigenvalue weighted by molar-refractivity contribution is -0.161. The minimum Gasteiger partial charge on any atom is -0.462 e. The summed E-state index contributed by atoms with van der Waals surface area (Å²) >= 11 is 0. The number of phosphoric ester groups is 2. The molecule has 6 atom stereocenters. The molecule has 0 fully saturated rings. The summed E-state index contributed by atoms with van der Waals surface area (Å²) < 4.78 is 68.7. The van der Waals surface area contributed by atoms with Gasteiger partial charge in [0.05, 0.1) is 26.4 Å². The Kier molecular flexibility index (Phi) is 69.9. The van der Waals surface area contributed by atoms with Crippen LogP contribution in [-0.2, 0) is 65.4 Å². The number of phosphoric acid groups is 2. The van der Waals surface area contributed by atoms with Gasteiger partial charge >= 0.3 is 39.5 Å². The van der Waals surface area contributed by atoms with Crippen LogP contribution in [0.15, 0.2) is 0 Å². The molecule has 0 saturated carbocycles. The minimum absolute atomic E-state index is 0.104. The highest BCUT2D eigenvalue weighted by molar-refractivity contribution is 7.47. The minimum atomic E-state index is -4.96. The summed E-state index contributed by atoms with van der Waals surface area (Å²) in [5.41, 5.74) is 0. The van der Waals surface area contributed by atoms with Crippen LogP contribution in [0, 0.1) is 17.8 Å². The first-order chi connectivity index (χ1) is 48.3. The normalized spacial score (nSPS) is 14.2. The highest BCUT2D eigenvalue weighted by Crippen LogP contribution is 2.45. The molecule has 0 aliphatic rings. The van der Waals surface area contributed by atoms with E-state index >= 15 is 0 Å². The van der Waals surface area contributed by atoms with Gasteiger partial charge in [0.2, 0.25) is 0 Å². The first-order valence-corrected chi connectivity index (χ1v) is 44.9. The Balaban J connectivity index is 5.21. The molecule has 19 heteroatoms. The summed E-state index contributed by atoms with van der Waals surface area (Å²) in [5, 5.41) is 10.6. The molecule has 0 bridgehead atoms. The van der Waals surface area contributed by atoms with Crippen molar-refractivity contribution in [2.24, 2.45) is 17.8 Å². The average Bonchev–Trinajstić information content (AvgIpc) is 0.993. The highest BCUT2D eigenvalue weighted by atomic mass is 31.2. The van der Waals surface area contributed by atoms with Crippen LogP contribution in [0.2, 0.25) is 0 Å². The maximum absolute atomic E-state index is 13.1. The molecule has 0 aliphatic carbocycles. The van der Waals surface area contributed by atoms with Crippen molar-refractivity contribution in [3.63, 3.8) is 0 Å². The van der Waals surface area contributed by atoms with Gasteiger partial charge in [-0.15, -0.1) is 0 Å². The van der Waals surface area contributed by atoms with Gasteiger partial charge in [0.25, 0.3) is 0 Å². The Morgan fingerprint density at radius 3 is 0.760 bits per heavy atom. The third-order valence-corrected chi connectivity index (χ3v) is 21.1. The molecule has 100 heavy (non-hydrogen) atoms. The SMILES string of the molecule is CCCCCCCCCCCCCCCCCCCCCCCCC(=O)O[C@H](COC(=O)CCCCCCCCCCCCCCCC(C)C)COP(=O)(O)OC[C@@H](O)COP(=O)(O)OC[C@@H](COC(=O)CCCCCCCCC(C)CC)OC(=O)CCCCCCCCCCCC(C)C. The molecule has 0 saturated heterocycles. The van der Waals surface area contributed by atoms with E-state index in [0.29, 0.717) is 25.7 Å². The van der Waals surface area contributed by atoms with Crippen molar-refractivity contribution < 1.29 is 80.2 Å². The number of carbonyl (C=O) groups is 4. The summed E-state index contributed by atoms with van der Waals surface area (Å²) in [6, 6.07) is 0. The van der Waals surface area contributed by atoms with Gasteiger partial charge in [-0.1, -0.05) is 370 Å². The van der Waals surface area contributed by atoms with Crippen molar-refractivity contribution >= 4 is 39.5 Å². The number of ether oxygens (including phenoxy) is 4. The highest BCUT2D eigenvalue weighted by Gasteiger charge is 2.30. The first-order valence-electron chi connectivity index (χ1n) is 41.9. The van der Waals surface area contributed by atoms with Crippen molar-refractivity contribution in [1.29, 1.82) is 0 Å².